The molecule has 1 atom stereocenters. The zero-order chi connectivity index (χ0) is 21.6. The minimum atomic E-state index is 0.570. The van der Waals surface area contributed by atoms with E-state index in [0.717, 1.165) is 71.1 Å². The fourth-order valence-corrected chi connectivity index (χ4v) is 3.88. The molecule has 1 N–H and O–H groups in total. The van der Waals surface area contributed by atoms with Crippen LogP contribution in [0.3, 0.4) is 0 Å². The van der Waals surface area contributed by atoms with Crippen LogP contribution in [0.5, 0.6) is 0 Å². The van der Waals surface area contributed by atoms with Gasteiger partial charge in [0.05, 0.1) is 19.8 Å². The number of benzene rings is 2. The van der Waals surface area contributed by atoms with E-state index >= 15 is 0 Å². The molecule has 5 nitrogen and oxygen atoms in total. The van der Waals surface area contributed by atoms with Crippen LogP contribution < -0.4 is 5.32 Å². The maximum absolute atomic E-state index is 5.94. The van der Waals surface area contributed by atoms with E-state index in [2.05, 4.69) is 63.7 Å². The van der Waals surface area contributed by atoms with Gasteiger partial charge in [-0.2, -0.15) is 0 Å². The molecule has 1 unspecified atom stereocenters. The van der Waals surface area contributed by atoms with Crippen molar-refractivity contribution >= 4 is 5.96 Å². The van der Waals surface area contributed by atoms with E-state index in [1.54, 1.807) is 0 Å². The molecule has 0 saturated carbocycles. The molecule has 1 heterocycles. The summed E-state index contributed by atoms with van der Waals surface area (Å²) in [5.41, 5.74) is 2.57. The third-order valence-corrected chi connectivity index (χ3v) is 5.64. The monoisotopic (exact) mass is 423 g/mol. The smallest absolute Gasteiger partial charge is 0.193 e. The molecule has 31 heavy (non-hydrogen) atoms. The third kappa shape index (κ3) is 8.72. The van der Waals surface area contributed by atoms with Crippen molar-refractivity contribution in [3.05, 3.63) is 71.8 Å². The van der Waals surface area contributed by atoms with Crippen molar-refractivity contribution in [2.75, 3.05) is 46.5 Å². The number of hydrogen-bond acceptors (Lipinski definition) is 3. The maximum atomic E-state index is 5.94. The molecular formula is C26H37N3O2. The third-order valence-electron chi connectivity index (χ3n) is 5.64. The van der Waals surface area contributed by atoms with Crippen molar-refractivity contribution in [1.82, 2.24) is 10.2 Å². The molecule has 2 aromatic carbocycles. The van der Waals surface area contributed by atoms with Gasteiger partial charge in [0.25, 0.3) is 0 Å². The first-order chi connectivity index (χ1) is 15.3. The van der Waals surface area contributed by atoms with Crippen LogP contribution in [0.1, 0.15) is 30.4 Å². The molecule has 1 fully saturated rings. The molecule has 0 amide bonds. The van der Waals surface area contributed by atoms with E-state index in [9.17, 15) is 0 Å². The van der Waals surface area contributed by atoms with Crippen molar-refractivity contribution in [3.63, 3.8) is 0 Å². The Bertz CT molecular complexity index is 752. The number of hydrogen-bond donors (Lipinski definition) is 1. The molecule has 1 aliphatic rings. The van der Waals surface area contributed by atoms with Crippen molar-refractivity contribution in [2.24, 2.45) is 10.9 Å². The highest BCUT2D eigenvalue weighted by Gasteiger charge is 2.24. The molecular weight excluding hydrogens is 386 g/mol. The lowest BCUT2D eigenvalue weighted by Gasteiger charge is -2.21. The number of ether oxygens (including phenoxy) is 2. The summed E-state index contributed by atoms with van der Waals surface area (Å²) in [7, 11) is 1.87. The summed E-state index contributed by atoms with van der Waals surface area (Å²) in [6, 6.07) is 20.9. The first kappa shape index (κ1) is 23.3. The largest absolute Gasteiger partial charge is 0.381 e. The van der Waals surface area contributed by atoms with Crippen LogP contribution in [-0.4, -0.2) is 57.4 Å². The zero-order valence-electron chi connectivity index (χ0n) is 18.8. The van der Waals surface area contributed by atoms with Crippen molar-refractivity contribution in [2.45, 2.75) is 32.3 Å². The number of aliphatic imine (C=N–C) groups is 1. The average molecular weight is 424 g/mol. The predicted molar refractivity (Wildman–Crippen MR) is 127 cm³/mol. The van der Waals surface area contributed by atoms with Crippen LogP contribution in [0.15, 0.2) is 65.7 Å². The fourth-order valence-electron chi connectivity index (χ4n) is 3.88. The highest BCUT2D eigenvalue weighted by atomic mass is 16.5. The van der Waals surface area contributed by atoms with E-state index in [0.29, 0.717) is 12.5 Å². The minimum Gasteiger partial charge on any atom is -0.381 e. The van der Waals surface area contributed by atoms with Crippen molar-refractivity contribution in [1.29, 1.82) is 0 Å². The first-order valence-electron chi connectivity index (χ1n) is 11.5. The van der Waals surface area contributed by atoms with Crippen LogP contribution in [0.25, 0.3) is 0 Å². The summed E-state index contributed by atoms with van der Waals surface area (Å²) in [5.74, 6) is 1.58. The first-order valence-corrected chi connectivity index (χ1v) is 11.5. The summed E-state index contributed by atoms with van der Waals surface area (Å²) < 4.78 is 11.7. The number of unbranched alkanes of at least 4 members (excludes halogenated alkanes) is 1. The second kappa shape index (κ2) is 13.8. The molecule has 0 spiro atoms. The molecule has 0 bridgehead atoms. The standard InChI is InChI=1S/C26H37N3O2/c1-27-26(28-16-8-9-18-30-19-15-23-10-4-2-5-11-23)29-17-14-25(20-29)22-31-21-24-12-6-3-7-13-24/h2-7,10-13,25H,8-9,14-22H2,1H3,(H,27,28). The van der Waals surface area contributed by atoms with E-state index in [1.807, 2.05) is 19.2 Å². The van der Waals surface area contributed by atoms with Gasteiger partial charge in [0.2, 0.25) is 0 Å². The number of likely N-dealkylation sites (tertiary alicyclic amines) is 1. The van der Waals surface area contributed by atoms with Gasteiger partial charge < -0.3 is 19.7 Å². The summed E-state index contributed by atoms with van der Waals surface area (Å²) in [6.45, 7) is 6.10. The normalized spacial score (nSPS) is 16.6. The Morgan fingerprint density at radius 3 is 2.45 bits per heavy atom. The molecule has 0 radical (unpaired) electrons. The quantitative estimate of drug-likeness (QED) is 0.317. The molecule has 0 aliphatic carbocycles. The predicted octanol–water partition coefficient (Wildman–Crippen LogP) is 4.14. The topological polar surface area (TPSA) is 46.1 Å². The zero-order valence-corrected chi connectivity index (χ0v) is 18.8. The lowest BCUT2D eigenvalue weighted by Crippen LogP contribution is -2.40. The fraction of sp³-hybridized carbons (Fsp3) is 0.500. The SMILES string of the molecule is CN=C(NCCCCOCCc1ccccc1)N1CCC(COCc2ccccc2)C1. The van der Waals surface area contributed by atoms with E-state index in [4.69, 9.17) is 9.47 Å². The van der Waals surface area contributed by atoms with Crippen molar-refractivity contribution in [3.8, 4) is 0 Å². The van der Waals surface area contributed by atoms with Gasteiger partial charge in [-0.25, -0.2) is 0 Å². The summed E-state index contributed by atoms with van der Waals surface area (Å²) >= 11 is 0. The second-order valence-electron chi connectivity index (χ2n) is 8.13. The average Bonchev–Trinajstić information content (AvgIpc) is 3.28. The number of guanidine groups is 1. The minimum absolute atomic E-state index is 0.570. The van der Waals surface area contributed by atoms with E-state index in [1.165, 1.54) is 11.1 Å². The van der Waals surface area contributed by atoms with Gasteiger partial charge >= 0.3 is 0 Å². The summed E-state index contributed by atoms with van der Waals surface area (Å²) in [6.07, 6.45) is 4.29. The van der Waals surface area contributed by atoms with Crippen LogP contribution in [0, 0.1) is 5.92 Å². The molecule has 5 heteroatoms. The molecule has 0 aromatic heterocycles. The van der Waals surface area contributed by atoms with Gasteiger partial charge in [0, 0.05) is 39.2 Å². The van der Waals surface area contributed by atoms with Gasteiger partial charge in [-0.3, -0.25) is 4.99 Å². The Labute approximate surface area is 187 Å². The van der Waals surface area contributed by atoms with Crippen molar-refractivity contribution < 1.29 is 9.47 Å². The Morgan fingerprint density at radius 1 is 0.968 bits per heavy atom. The Morgan fingerprint density at radius 2 is 1.71 bits per heavy atom. The number of rotatable bonds is 12. The molecule has 1 saturated heterocycles. The Balaban J connectivity index is 1.21. The van der Waals surface area contributed by atoms with Crippen LogP contribution >= 0.6 is 0 Å². The number of nitrogens with one attached hydrogen (secondary N) is 1. The summed E-state index contributed by atoms with van der Waals surface area (Å²) in [5, 5.41) is 3.51. The van der Waals surface area contributed by atoms with E-state index in [-0.39, 0.29) is 0 Å². The molecule has 1 aliphatic heterocycles. The van der Waals surface area contributed by atoms with Crippen LogP contribution in [0.2, 0.25) is 0 Å². The Hall–Kier alpha value is -2.37. The van der Waals surface area contributed by atoms with Gasteiger partial charge in [0.15, 0.2) is 5.96 Å². The number of nitrogens with zero attached hydrogens (tertiary/aromatic N) is 2. The molecule has 3 rings (SSSR count). The van der Waals surface area contributed by atoms with Gasteiger partial charge in [-0.1, -0.05) is 60.7 Å². The maximum Gasteiger partial charge on any atom is 0.193 e. The molecule has 2 aromatic rings. The molecule has 168 valence electrons. The van der Waals surface area contributed by atoms with E-state index < -0.39 is 0 Å². The highest BCUT2D eigenvalue weighted by molar-refractivity contribution is 5.80. The summed E-state index contributed by atoms with van der Waals surface area (Å²) in [4.78, 5) is 6.83. The van der Waals surface area contributed by atoms with Gasteiger partial charge in [0.1, 0.15) is 0 Å². The van der Waals surface area contributed by atoms with Gasteiger partial charge in [-0.05, 0) is 36.8 Å². The lowest BCUT2D eigenvalue weighted by atomic mass is 10.1. The van der Waals surface area contributed by atoms with Crippen LogP contribution in [0.4, 0.5) is 0 Å². The lowest BCUT2D eigenvalue weighted by molar-refractivity contribution is 0.0906. The highest BCUT2D eigenvalue weighted by Crippen LogP contribution is 2.17. The van der Waals surface area contributed by atoms with Crippen LogP contribution in [-0.2, 0) is 22.5 Å². The second-order valence-corrected chi connectivity index (χ2v) is 8.13. The Kier molecular flexibility index (Phi) is 10.4. The van der Waals surface area contributed by atoms with Gasteiger partial charge in [-0.15, -0.1) is 0 Å².